The first-order valence-electron chi connectivity index (χ1n) is 6.88. The van der Waals surface area contributed by atoms with Crippen molar-refractivity contribution >= 4 is 11.9 Å². The zero-order chi connectivity index (χ0) is 15.8. The maximum Gasteiger partial charge on any atom is 0.303 e. The molecule has 4 nitrogen and oxygen atoms in total. The van der Waals surface area contributed by atoms with Gasteiger partial charge >= 0.3 is 5.97 Å². The Morgan fingerprint density at radius 3 is 2.33 bits per heavy atom. The van der Waals surface area contributed by atoms with Crippen LogP contribution in [-0.2, 0) is 4.79 Å². The van der Waals surface area contributed by atoms with Gasteiger partial charge in [0, 0.05) is 24.6 Å². The monoisotopic (exact) mass is 299 g/mol. The summed E-state index contributed by atoms with van der Waals surface area (Å²) < 4.78 is 26.0. The van der Waals surface area contributed by atoms with Gasteiger partial charge in [-0.2, -0.15) is 0 Å². The Bertz CT molecular complexity index is 485. The van der Waals surface area contributed by atoms with E-state index in [1.165, 1.54) is 0 Å². The molecule has 0 saturated carbocycles. The molecule has 1 atom stereocenters. The van der Waals surface area contributed by atoms with E-state index in [2.05, 4.69) is 5.32 Å². The topological polar surface area (TPSA) is 66.4 Å². The van der Waals surface area contributed by atoms with Crippen LogP contribution in [0.15, 0.2) is 18.2 Å². The normalized spacial score (nSPS) is 12.0. The van der Waals surface area contributed by atoms with Gasteiger partial charge < -0.3 is 10.4 Å². The number of hydrogen-bond donors (Lipinski definition) is 2. The zero-order valence-electron chi connectivity index (χ0n) is 11.9. The molecule has 1 aromatic rings. The second kappa shape index (κ2) is 8.34. The van der Waals surface area contributed by atoms with Gasteiger partial charge in [0.25, 0.3) is 5.91 Å². The maximum absolute atomic E-state index is 13.0. The molecule has 0 saturated heterocycles. The van der Waals surface area contributed by atoms with Crippen LogP contribution in [0.4, 0.5) is 8.78 Å². The zero-order valence-corrected chi connectivity index (χ0v) is 11.9. The number of carbonyl (C=O) groups is 2. The summed E-state index contributed by atoms with van der Waals surface area (Å²) in [4.78, 5) is 22.3. The highest BCUT2D eigenvalue weighted by Gasteiger charge is 2.12. The van der Waals surface area contributed by atoms with E-state index in [1.54, 1.807) is 0 Å². The van der Waals surface area contributed by atoms with Gasteiger partial charge in [-0.15, -0.1) is 0 Å². The first-order chi connectivity index (χ1) is 9.92. The van der Waals surface area contributed by atoms with Gasteiger partial charge in [-0.25, -0.2) is 8.78 Å². The Labute approximate surface area is 122 Å². The lowest BCUT2D eigenvalue weighted by Crippen LogP contribution is -2.26. The smallest absolute Gasteiger partial charge is 0.303 e. The Hall–Kier alpha value is -1.98. The molecule has 0 bridgehead atoms. The number of amides is 1. The highest BCUT2D eigenvalue weighted by molar-refractivity contribution is 5.94. The molecule has 6 heteroatoms. The predicted molar refractivity (Wildman–Crippen MR) is 74.0 cm³/mol. The van der Waals surface area contributed by atoms with E-state index < -0.39 is 23.5 Å². The summed E-state index contributed by atoms with van der Waals surface area (Å²) in [5.41, 5.74) is -0.0638. The number of carboxylic acids is 1. The van der Waals surface area contributed by atoms with Crippen molar-refractivity contribution in [1.82, 2.24) is 5.32 Å². The lowest BCUT2D eigenvalue weighted by molar-refractivity contribution is -0.137. The van der Waals surface area contributed by atoms with E-state index in [0.717, 1.165) is 18.6 Å². The Balaban J connectivity index is 2.43. The van der Waals surface area contributed by atoms with E-state index in [1.807, 2.05) is 6.92 Å². The number of benzene rings is 1. The van der Waals surface area contributed by atoms with E-state index in [-0.39, 0.29) is 17.9 Å². The highest BCUT2D eigenvalue weighted by atomic mass is 19.1. The fraction of sp³-hybridized carbons (Fsp3) is 0.467. The lowest BCUT2D eigenvalue weighted by Gasteiger charge is -2.14. The van der Waals surface area contributed by atoms with Gasteiger partial charge in [0.1, 0.15) is 11.6 Å². The van der Waals surface area contributed by atoms with E-state index in [0.29, 0.717) is 25.5 Å². The summed E-state index contributed by atoms with van der Waals surface area (Å²) >= 11 is 0. The second-order valence-corrected chi connectivity index (χ2v) is 4.91. The number of rotatable bonds is 8. The molecule has 0 aliphatic heterocycles. The van der Waals surface area contributed by atoms with Crippen molar-refractivity contribution in [3.63, 3.8) is 0 Å². The van der Waals surface area contributed by atoms with Gasteiger partial charge in [0.05, 0.1) is 0 Å². The van der Waals surface area contributed by atoms with Gasteiger partial charge in [-0.05, 0) is 30.9 Å². The Kier molecular flexibility index (Phi) is 6.78. The first-order valence-corrected chi connectivity index (χ1v) is 6.88. The van der Waals surface area contributed by atoms with Crippen LogP contribution in [0.3, 0.4) is 0 Å². The molecule has 2 N–H and O–H groups in total. The molecule has 1 rings (SSSR count). The van der Waals surface area contributed by atoms with Crippen LogP contribution in [0.1, 0.15) is 43.0 Å². The fourth-order valence-electron chi connectivity index (χ4n) is 2.06. The van der Waals surface area contributed by atoms with Crippen molar-refractivity contribution in [2.45, 2.75) is 32.6 Å². The summed E-state index contributed by atoms with van der Waals surface area (Å²) in [6.45, 7) is 2.30. The van der Waals surface area contributed by atoms with Gasteiger partial charge in [0.15, 0.2) is 0 Å². The number of aliphatic carboxylic acids is 1. The lowest BCUT2D eigenvalue weighted by atomic mass is 9.96. The van der Waals surface area contributed by atoms with Crippen LogP contribution in [0.25, 0.3) is 0 Å². The standard InChI is InChI=1S/C15H19F2NO3/c1-2-10(3-4-14(19)20)5-6-18-15(21)11-7-12(16)9-13(17)8-11/h7-10H,2-6H2,1H3,(H,18,21)(H,19,20). The summed E-state index contributed by atoms with van der Waals surface area (Å²) in [6, 6.07) is 2.65. The SMILES string of the molecule is CCC(CCNC(=O)c1cc(F)cc(F)c1)CCC(=O)O. The predicted octanol–water partition coefficient (Wildman–Crippen LogP) is 2.98. The number of nitrogens with one attached hydrogen (secondary N) is 1. The molecule has 1 aromatic carbocycles. The maximum atomic E-state index is 13.0. The minimum Gasteiger partial charge on any atom is -0.481 e. The fourth-order valence-corrected chi connectivity index (χ4v) is 2.06. The molecule has 0 spiro atoms. The molecule has 0 fully saturated rings. The molecular weight excluding hydrogens is 280 g/mol. The number of carbonyl (C=O) groups excluding carboxylic acids is 1. The molecule has 116 valence electrons. The van der Waals surface area contributed by atoms with Crippen LogP contribution in [0.5, 0.6) is 0 Å². The van der Waals surface area contributed by atoms with Crippen LogP contribution >= 0.6 is 0 Å². The Morgan fingerprint density at radius 2 is 1.81 bits per heavy atom. The molecule has 1 unspecified atom stereocenters. The minimum atomic E-state index is -0.840. The van der Waals surface area contributed by atoms with Gasteiger partial charge in [-0.1, -0.05) is 13.3 Å². The van der Waals surface area contributed by atoms with Crippen LogP contribution in [-0.4, -0.2) is 23.5 Å². The molecular formula is C15H19F2NO3. The van der Waals surface area contributed by atoms with E-state index >= 15 is 0 Å². The number of carboxylic acid groups (broad SMARTS) is 1. The van der Waals surface area contributed by atoms with Crippen molar-refractivity contribution in [3.05, 3.63) is 35.4 Å². The molecule has 0 aliphatic rings. The number of hydrogen-bond acceptors (Lipinski definition) is 2. The largest absolute Gasteiger partial charge is 0.481 e. The van der Waals surface area contributed by atoms with Crippen LogP contribution in [0.2, 0.25) is 0 Å². The molecule has 1 amide bonds. The third-order valence-corrected chi connectivity index (χ3v) is 3.31. The highest BCUT2D eigenvalue weighted by Crippen LogP contribution is 2.15. The van der Waals surface area contributed by atoms with Crippen molar-refractivity contribution in [3.8, 4) is 0 Å². The third-order valence-electron chi connectivity index (χ3n) is 3.31. The summed E-state index contributed by atoms with van der Waals surface area (Å²) in [6.07, 6.45) is 2.10. The molecule has 0 aromatic heterocycles. The third kappa shape index (κ3) is 6.33. The van der Waals surface area contributed by atoms with Crippen LogP contribution in [0, 0.1) is 17.6 Å². The molecule has 0 heterocycles. The molecule has 21 heavy (non-hydrogen) atoms. The summed E-state index contributed by atoms with van der Waals surface area (Å²) in [7, 11) is 0. The summed E-state index contributed by atoms with van der Waals surface area (Å²) in [5, 5.41) is 11.2. The molecule has 0 aliphatic carbocycles. The second-order valence-electron chi connectivity index (χ2n) is 4.91. The van der Waals surface area contributed by atoms with Crippen molar-refractivity contribution in [2.75, 3.05) is 6.54 Å². The Morgan fingerprint density at radius 1 is 1.19 bits per heavy atom. The first kappa shape index (κ1) is 17.1. The average Bonchev–Trinajstić information content (AvgIpc) is 2.41. The van der Waals surface area contributed by atoms with Crippen molar-refractivity contribution in [1.29, 1.82) is 0 Å². The van der Waals surface area contributed by atoms with Crippen molar-refractivity contribution < 1.29 is 23.5 Å². The van der Waals surface area contributed by atoms with E-state index in [9.17, 15) is 18.4 Å². The van der Waals surface area contributed by atoms with E-state index in [4.69, 9.17) is 5.11 Å². The molecule has 0 radical (unpaired) electrons. The minimum absolute atomic E-state index is 0.0638. The number of halogens is 2. The average molecular weight is 299 g/mol. The van der Waals surface area contributed by atoms with Gasteiger partial charge in [0.2, 0.25) is 0 Å². The van der Waals surface area contributed by atoms with Crippen LogP contribution < -0.4 is 5.32 Å². The quantitative estimate of drug-likeness (QED) is 0.775. The summed E-state index contributed by atoms with van der Waals surface area (Å²) in [5.74, 6) is -2.78. The van der Waals surface area contributed by atoms with Gasteiger partial charge in [-0.3, -0.25) is 9.59 Å². The van der Waals surface area contributed by atoms with Crippen molar-refractivity contribution in [2.24, 2.45) is 5.92 Å².